The van der Waals surface area contributed by atoms with E-state index in [0.29, 0.717) is 17.3 Å². The van der Waals surface area contributed by atoms with E-state index >= 15 is 0 Å². The molecule has 1 amide bonds. The molecule has 0 saturated carbocycles. The van der Waals surface area contributed by atoms with Crippen LogP contribution in [0.3, 0.4) is 0 Å². The number of nitrogens with one attached hydrogen (secondary N) is 1. The number of aryl methyl sites for hydroxylation is 1. The Balaban J connectivity index is 1.32. The van der Waals surface area contributed by atoms with Gasteiger partial charge >= 0.3 is 5.97 Å². The van der Waals surface area contributed by atoms with Crippen molar-refractivity contribution in [2.75, 3.05) is 5.75 Å². The summed E-state index contributed by atoms with van der Waals surface area (Å²) in [6.07, 6.45) is -1.15. The zero-order valence-corrected chi connectivity index (χ0v) is 25.6. The number of carbonyl (C=O) groups excluding carboxylic acids is 2. The maximum Gasteiger partial charge on any atom is 0.303 e. The van der Waals surface area contributed by atoms with E-state index in [1.807, 2.05) is 72.8 Å². The summed E-state index contributed by atoms with van der Waals surface area (Å²) in [6, 6.07) is 23.6. The number of aliphatic hydroxyl groups excluding tert-OH is 1. The van der Waals surface area contributed by atoms with Gasteiger partial charge in [-0.2, -0.15) is 0 Å². The Labute approximate surface area is 259 Å². The number of ether oxygens (including phenoxy) is 3. The highest BCUT2D eigenvalue weighted by atomic mass is 32.2. The maximum absolute atomic E-state index is 12.4. The summed E-state index contributed by atoms with van der Waals surface area (Å²) < 4.78 is 19.5. The number of hydrogen-bond acceptors (Lipinski definition) is 10. The van der Waals surface area contributed by atoms with Gasteiger partial charge < -0.3 is 24.6 Å². The molecule has 11 nitrogen and oxygen atoms in total. The first-order valence-corrected chi connectivity index (χ1v) is 15.3. The van der Waals surface area contributed by atoms with Crippen LogP contribution in [0.1, 0.15) is 54.9 Å². The van der Waals surface area contributed by atoms with Crippen LogP contribution >= 0.6 is 11.8 Å². The number of aliphatic hydroxyl groups is 1. The molecule has 1 aliphatic rings. The highest BCUT2D eigenvalue weighted by Crippen LogP contribution is 2.39. The summed E-state index contributed by atoms with van der Waals surface area (Å²) in [6.45, 7) is 3.09. The van der Waals surface area contributed by atoms with Gasteiger partial charge in [0.05, 0.1) is 18.8 Å². The number of rotatable bonds is 11. The van der Waals surface area contributed by atoms with E-state index in [1.54, 1.807) is 18.7 Å². The first kappa shape index (κ1) is 31.3. The molecule has 3 aromatic carbocycles. The maximum atomic E-state index is 12.4. The van der Waals surface area contributed by atoms with Crippen LogP contribution in [0, 0.1) is 0 Å². The van der Waals surface area contributed by atoms with Crippen LogP contribution in [-0.2, 0) is 44.0 Å². The number of amides is 1. The fraction of sp³-hybridized carbons (Fsp3) is 0.344. The molecule has 2 heterocycles. The number of aromatic nitrogens is 4. The van der Waals surface area contributed by atoms with Crippen LogP contribution in [0.5, 0.6) is 0 Å². The minimum absolute atomic E-state index is 0.0161. The van der Waals surface area contributed by atoms with Gasteiger partial charge in [0.15, 0.2) is 12.4 Å². The van der Waals surface area contributed by atoms with Crippen LogP contribution in [0.4, 0.5) is 0 Å². The minimum Gasteiger partial charge on any atom is -0.453 e. The average Bonchev–Trinajstić information content (AvgIpc) is 3.46. The molecule has 1 aliphatic heterocycles. The molecule has 0 bridgehead atoms. The summed E-state index contributed by atoms with van der Waals surface area (Å²) in [4.78, 5) is 23.6. The summed E-state index contributed by atoms with van der Waals surface area (Å²) >= 11 is 1.53. The third-order valence-electron chi connectivity index (χ3n) is 7.27. The molecule has 12 heteroatoms. The predicted molar refractivity (Wildman–Crippen MR) is 163 cm³/mol. The van der Waals surface area contributed by atoms with Crippen LogP contribution in [0.2, 0.25) is 0 Å². The van der Waals surface area contributed by atoms with E-state index in [4.69, 9.17) is 14.2 Å². The lowest BCUT2D eigenvalue weighted by Gasteiger charge is -2.36. The predicted octanol–water partition coefficient (Wildman–Crippen LogP) is 4.27. The van der Waals surface area contributed by atoms with E-state index in [1.165, 1.54) is 18.7 Å². The van der Waals surface area contributed by atoms with Crippen LogP contribution in [-0.4, -0.2) is 55.2 Å². The first-order valence-electron chi connectivity index (χ1n) is 14.3. The molecule has 5 rings (SSSR count). The normalized spacial score (nSPS) is 18.9. The van der Waals surface area contributed by atoms with E-state index in [2.05, 4.69) is 20.8 Å². The first-order chi connectivity index (χ1) is 21.3. The molecule has 0 spiro atoms. The van der Waals surface area contributed by atoms with Crippen molar-refractivity contribution in [3.8, 4) is 11.1 Å². The van der Waals surface area contributed by atoms with Gasteiger partial charge in [0, 0.05) is 38.3 Å². The molecule has 2 N–H and O–H groups in total. The van der Waals surface area contributed by atoms with Crippen LogP contribution in [0.25, 0.3) is 11.1 Å². The molecule has 44 heavy (non-hydrogen) atoms. The number of nitrogens with zero attached hydrogens (tertiary/aromatic N) is 4. The van der Waals surface area contributed by atoms with E-state index in [-0.39, 0.29) is 31.3 Å². The second-order valence-electron chi connectivity index (χ2n) is 10.5. The molecule has 230 valence electrons. The highest BCUT2D eigenvalue weighted by Gasteiger charge is 2.32. The number of tetrazole rings is 1. The van der Waals surface area contributed by atoms with Crippen molar-refractivity contribution in [1.29, 1.82) is 0 Å². The number of esters is 1. The molecule has 4 aromatic rings. The Bertz CT molecular complexity index is 1560. The lowest BCUT2D eigenvalue weighted by atomic mass is 9.97. The largest absolute Gasteiger partial charge is 0.453 e. The molecule has 1 saturated heterocycles. The number of benzene rings is 3. The molecular formula is C32H35N5O6S. The third-order valence-corrected chi connectivity index (χ3v) is 8.41. The molecule has 0 aliphatic carbocycles. The van der Waals surface area contributed by atoms with Crippen molar-refractivity contribution in [3.05, 3.63) is 95.1 Å². The van der Waals surface area contributed by atoms with Crippen LogP contribution < -0.4 is 5.32 Å². The Kier molecular flexibility index (Phi) is 10.4. The van der Waals surface area contributed by atoms with Gasteiger partial charge in [0.2, 0.25) is 5.16 Å². The zero-order valence-electron chi connectivity index (χ0n) is 24.8. The van der Waals surface area contributed by atoms with Crippen molar-refractivity contribution in [3.63, 3.8) is 0 Å². The lowest BCUT2D eigenvalue weighted by Crippen LogP contribution is -2.35. The van der Waals surface area contributed by atoms with Gasteiger partial charge in [-0.15, -0.1) is 5.10 Å². The van der Waals surface area contributed by atoms with Crippen LogP contribution in [0.15, 0.2) is 78.0 Å². The van der Waals surface area contributed by atoms with E-state index < -0.39 is 18.4 Å². The standard InChI is InChI=1S/C32H35N5O6S/c1-20(41-21(2)39)30(40)33-17-26-6-4-5-7-28(26)23-12-14-25(15-13-23)31-42-27(19-44-32-34-35-36-37(32)3)16-29(43-31)24-10-8-22(18-38)9-11-24/h4-15,20,27,29,31,38H,16-19H2,1-3H3,(H,33,40). The van der Waals surface area contributed by atoms with Crippen molar-refractivity contribution in [1.82, 2.24) is 25.5 Å². The molecule has 4 unspecified atom stereocenters. The number of carbonyl (C=O) groups is 2. The van der Waals surface area contributed by atoms with Gasteiger partial charge in [-0.3, -0.25) is 9.59 Å². The lowest BCUT2D eigenvalue weighted by molar-refractivity contribution is -0.245. The van der Waals surface area contributed by atoms with Crippen molar-refractivity contribution >= 4 is 23.6 Å². The molecule has 1 aromatic heterocycles. The van der Waals surface area contributed by atoms with Crippen molar-refractivity contribution in [2.45, 2.75) is 63.2 Å². The summed E-state index contributed by atoms with van der Waals surface area (Å²) in [5, 5.41) is 24.7. The van der Waals surface area contributed by atoms with E-state index in [9.17, 15) is 14.7 Å². The Morgan fingerprint density at radius 1 is 1.07 bits per heavy atom. The fourth-order valence-corrected chi connectivity index (χ4v) is 5.81. The zero-order chi connectivity index (χ0) is 31.1. The van der Waals surface area contributed by atoms with Crippen molar-refractivity contribution in [2.24, 2.45) is 7.05 Å². The molecule has 4 atom stereocenters. The molecule has 1 fully saturated rings. The topological polar surface area (TPSA) is 138 Å². The van der Waals surface area contributed by atoms with Crippen molar-refractivity contribution < 1.29 is 28.9 Å². The third kappa shape index (κ3) is 7.88. The Hall–Kier alpha value is -4.10. The summed E-state index contributed by atoms with van der Waals surface area (Å²) in [7, 11) is 1.80. The number of hydrogen-bond donors (Lipinski definition) is 2. The number of thioether (sulfide) groups is 1. The second-order valence-corrected chi connectivity index (χ2v) is 11.5. The Morgan fingerprint density at radius 2 is 1.80 bits per heavy atom. The van der Waals surface area contributed by atoms with Gasteiger partial charge in [0.25, 0.3) is 5.91 Å². The molecule has 0 radical (unpaired) electrons. The van der Waals surface area contributed by atoms with Gasteiger partial charge in [0.1, 0.15) is 0 Å². The SMILES string of the molecule is CC(=O)OC(C)C(=O)NCc1ccccc1-c1ccc(C2OC(CSc3nnnn3C)CC(c3ccc(CO)cc3)O2)cc1. The summed E-state index contributed by atoms with van der Waals surface area (Å²) in [5.41, 5.74) is 5.60. The van der Waals surface area contributed by atoms with E-state index in [0.717, 1.165) is 33.4 Å². The summed E-state index contributed by atoms with van der Waals surface area (Å²) in [5.74, 6) is -0.217. The van der Waals surface area contributed by atoms with Gasteiger partial charge in [-0.25, -0.2) is 4.68 Å². The monoisotopic (exact) mass is 617 g/mol. The fourth-order valence-electron chi connectivity index (χ4n) is 4.94. The quantitative estimate of drug-likeness (QED) is 0.185. The second kappa shape index (κ2) is 14.6. The average molecular weight is 618 g/mol. The minimum atomic E-state index is -0.870. The smallest absolute Gasteiger partial charge is 0.303 e. The molecular weight excluding hydrogens is 582 g/mol. The van der Waals surface area contributed by atoms with Gasteiger partial charge in [-0.1, -0.05) is 84.6 Å². The highest BCUT2D eigenvalue weighted by molar-refractivity contribution is 7.99. The Morgan fingerprint density at radius 3 is 2.48 bits per heavy atom. The van der Waals surface area contributed by atoms with Gasteiger partial charge in [-0.05, 0) is 45.2 Å².